The van der Waals surface area contributed by atoms with E-state index >= 15 is 0 Å². The van der Waals surface area contributed by atoms with Crippen LogP contribution >= 0.6 is 11.6 Å². The molecule has 0 unspecified atom stereocenters. The van der Waals surface area contributed by atoms with Crippen LogP contribution in [0.1, 0.15) is 5.56 Å². The summed E-state index contributed by atoms with van der Waals surface area (Å²) in [7, 11) is 0. The molecular weight excluding hydrogens is 286 g/mol. The smallest absolute Gasteiger partial charge is 0.328 e. The van der Waals surface area contributed by atoms with Gasteiger partial charge in [-0.15, -0.1) is 0 Å². The number of hydrogen-bond donors (Lipinski definition) is 3. The minimum atomic E-state index is -0.877. The summed E-state index contributed by atoms with van der Waals surface area (Å²) in [6, 6.07) is 4.54. The number of amides is 1. The van der Waals surface area contributed by atoms with Crippen LogP contribution in [-0.2, 0) is 4.79 Å². The SMILES string of the molecule is O=C1N=c2ccc(Cl)cc2=C1c1c(O)[nH]c(=O)[nH]c1=O. The van der Waals surface area contributed by atoms with Crippen molar-refractivity contribution in [3.8, 4) is 5.88 Å². The number of aromatic amines is 2. The summed E-state index contributed by atoms with van der Waals surface area (Å²) in [6.45, 7) is 0. The fourth-order valence-corrected chi connectivity index (χ4v) is 2.21. The molecule has 0 saturated carbocycles. The maximum absolute atomic E-state index is 11.9. The molecule has 100 valence electrons. The lowest BCUT2D eigenvalue weighted by Gasteiger charge is -2.01. The molecule has 1 aromatic heterocycles. The van der Waals surface area contributed by atoms with Gasteiger partial charge in [0.05, 0.1) is 10.9 Å². The Kier molecular flexibility index (Phi) is 2.58. The van der Waals surface area contributed by atoms with Crippen molar-refractivity contribution >= 4 is 23.1 Å². The number of aromatic hydroxyl groups is 1. The summed E-state index contributed by atoms with van der Waals surface area (Å²) < 4.78 is 0. The number of hydrogen-bond acceptors (Lipinski definition) is 4. The molecule has 2 aromatic rings. The Hall–Kier alpha value is -2.67. The number of halogens is 1. The number of H-pyrrole nitrogens is 2. The molecular formula is C12H6ClN3O4. The van der Waals surface area contributed by atoms with Crippen LogP contribution in [0.5, 0.6) is 5.88 Å². The number of aromatic nitrogens is 2. The topological polar surface area (TPSA) is 115 Å². The van der Waals surface area contributed by atoms with Crippen LogP contribution in [0.2, 0.25) is 5.02 Å². The van der Waals surface area contributed by atoms with Crippen molar-refractivity contribution in [1.82, 2.24) is 9.97 Å². The first-order valence-corrected chi connectivity index (χ1v) is 5.84. The first kappa shape index (κ1) is 12.4. The van der Waals surface area contributed by atoms with Gasteiger partial charge in [0.1, 0.15) is 5.56 Å². The average molecular weight is 292 g/mol. The molecule has 3 rings (SSSR count). The van der Waals surface area contributed by atoms with Crippen LogP contribution in [0.4, 0.5) is 0 Å². The van der Waals surface area contributed by atoms with E-state index < -0.39 is 23.0 Å². The minimum absolute atomic E-state index is 0.0995. The second-order valence-corrected chi connectivity index (χ2v) is 4.52. The maximum atomic E-state index is 11.9. The molecule has 0 bridgehead atoms. The van der Waals surface area contributed by atoms with Gasteiger partial charge < -0.3 is 5.11 Å². The molecule has 1 amide bonds. The molecule has 0 fully saturated rings. The molecule has 1 aliphatic rings. The molecule has 0 aliphatic carbocycles. The quantitative estimate of drug-likeness (QED) is 0.611. The van der Waals surface area contributed by atoms with E-state index in [0.29, 0.717) is 15.6 Å². The summed E-state index contributed by atoms with van der Waals surface area (Å²) in [4.78, 5) is 42.5. The Labute approximate surface area is 114 Å². The Balaban J connectivity index is 2.50. The van der Waals surface area contributed by atoms with Crippen molar-refractivity contribution < 1.29 is 9.90 Å². The Morgan fingerprint density at radius 3 is 2.60 bits per heavy atom. The minimum Gasteiger partial charge on any atom is -0.494 e. The van der Waals surface area contributed by atoms with Crippen LogP contribution in [-0.4, -0.2) is 21.0 Å². The fraction of sp³-hybridized carbons (Fsp3) is 0. The van der Waals surface area contributed by atoms with Gasteiger partial charge in [0, 0.05) is 10.2 Å². The standard InChI is InChI=1S/C12H6ClN3O4/c13-4-1-2-6-5(3-4)7(9(17)14-6)8-10(18)15-12(20)16-11(8)19/h1-3H,(H3,15,16,18,19,20). The lowest BCUT2D eigenvalue weighted by atomic mass is 10.1. The maximum Gasteiger partial charge on any atom is 0.328 e. The van der Waals surface area contributed by atoms with Crippen LogP contribution in [0, 0.1) is 0 Å². The van der Waals surface area contributed by atoms with Gasteiger partial charge in [-0.2, -0.15) is 0 Å². The summed E-state index contributed by atoms with van der Waals surface area (Å²) in [5.74, 6) is -1.37. The number of fused-ring (bicyclic) bond motifs is 1. The van der Waals surface area contributed by atoms with Gasteiger partial charge in [-0.1, -0.05) is 11.6 Å². The Morgan fingerprint density at radius 1 is 1.15 bits per heavy atom. The number of benzene rings is 1. The Morgan fingerprint density at radius 2 is 1.90 bits per heavy atom. The van der Waals surface area contributed by atoms with E-state index in [1.165, 1.54) is 12.1 Å². The van der Waals surface area contributed by atoms with E-state index in [0.717, 1.165) is 0 Å². The average Bonchev–Trinajstić information content (AvgIpc) is 2.65. The highest BCUT2D eigenvalue weighted by Gasteiger charge is 2.24. The molecule has 20 heavy (non-hydrogen) atoms. The van der Waals surface area contributed by atoms with Crippen molar-refractivity contribution in [1.29, 1.82) is 0 Å². The van der Waals surface area contributed by atoms with E-state index in [-0.39, 0.29) is 11.1 Å². The largest absolute Gasteiger partial charge is 0.494 e. The molecule has 2 heterocycles. The Bertz CT molecular complexity index is 987. The fourth-order valence-electron chi connectivity index (χ4n) is 2.03. The first-order valence-electron chi connectivity index (χ1n) is 5.46. The van der Waals surface area contributed by atoms with Crippen LogP contribution in [0.15, 0.2) is 32.8 Å². The number of nitrogens with zero attached hydrogens (tertiary/aromatic N) is 1. The van der Waals surface area contributed by atoms with Crippen LogP contribution < -0.4 is 21.8 Å². The molecule has 1 aromatic carbocycles. The molecule has 0 spiro atoms. The van der Waals surface area contributed by atoms with Crippen molar-refractivity contribution in [3.05, 3.63) is 60.2 Å². The molecule has 0 saturated heterocycles. The normalized spacial score (nSPS) is 13.2. The zero-order valence-electron chi connectivity index (χ0n) is 9.73. The van der Waals surface area contributed by atoms with Gasteiger partial charge in [0.2, 0.25) is 5.88 Å². The zero-order chi connectivity index (χ0) is 14.4. The van der Waals surface area contributed by atoms with Gasteiger partial charge in [-0.05, 0) is 18.2 Å². The molecule has 7 nitrogen and oxygen atoms in total. The molecule has 1 aliphatic heterocycles. The molecule has 0 atom stereocenters. The van der Waals surface area contributed by atoms with Gasteiger partial charge in [0.25, 0.3) is 11.5 Å². The van der Waals surface area contributed by atoms with E-state index in [4.69, 9.17) is 11.6 Å². The van der Waals surface area contributed by atoms with Gasteiger partial charge in [-0.25, -0.2) is 9.79 Å². The lowest BCUT2D eigenvalue weighted by Crippen LogP contribution is -2.29. The van der Waals surface area contributed by atoms with E-state index in [1.54, 1.807) is 6.07 Å². The lowest BCUT2D eigenvalue weighted by molar-refractivity contribution is -0.112. The first-order chi connectivity index (χ1) is 9.47. The summed E-state index contributed by atoms with van der Waals surface area (Å²) in [6.07, 6.45) is 0. The highest BCUT2D eigenvalue weighted by molar-refractivity contribution is 6.30. The molecule has 3 N–H and O–H groups in total. The van der Waals surface area contributed by atoms with Gasteiger partial charge in [-0.3, -0.25) is 19.6 Å². The highest BCUT2D eigenvalue weighted by atomic mass is 35.5. The van der Waals surface area contributed by atoms with E-state index in [9.17, 15) is 19.5 Å². The molecule has 0 radical (unpaired) electrons. The van der Waals surface area contributed by atoms with Gasteiger partial charge >= 0.3 is 5.69 Å². The third-order valence-corrected chi connectivity index (χ3v) is 3.07. The summed E-state index contributed by atoms with van der Waals surface area (Å²) in [5, 5.41) is 10.8. The van der Waals surface area contributed by atoms with E-state index in [2.05, 4.69) is 4.99 Å². The predicted molar refractivity (Wildman–Crippen MR) is 69.1 cm³/mol. The summed E-state index contributed by atoms with van der Waals surface area (Å²) >= 11 is 5.86. The van der Waals surface area contributed by atoms with Crippen molar-refractivity contribution in [2.45, 2.75) is 0 Å². The second-order valence-electron chi connectivity index (χ2n) is 4.09. The van der Waals surface area contributed by atoms with Crippen molar-refractivity contribution in [3.63, 3.8) is 0 Å². The van der Waals surface area contributed by atoms with E-state index in [1.807, 2.05) is 9.97 Å². The van der Waals surface area contributed by atoms with Gasteiger partial charge in [0.15, 0.2) is 0 Å². The van der Waals surface area contributed by atoms with Crippen LogP contribution in [0.3, 0.4) is 0 Å². The highest BCUT2D eigenvalue weighted by Crippen LogP contribution is 2.18. The number of rotatable bonds is 1. The third kappa shape index (κ3) is 1.76. The van der Waals surface area contributed by atoms with Crippen LogP contribution in [0.25, 0.3) is 5.57 Å². The number of carbonyl (C=O) groups is 1. The molecule has 8 heteroatoms. The van der Waals surface area contributed by atoms with Crippen molar-refractivity contribution in [2.24, 2.45) is 4.99 Å². The number of nitrogens with one attached hydrogen (secondary N) is 2. The summed E-state index contributed by atoms with van der Waals surface area (Å²) in [5.41, 5.74) is -2.18. The zero-order valence-corrected chi connectivity index (χ0v) is 10.5. The van der Waals surface area contributed by atoms with Crippen molar-refractivity contribution in [2.75, 3.05) is 0 Å². The predicted octanol–water partition coefficient (Wildman–Crippen LogP) is -1.22. The third-order valence-electron chi connectivity index (χ3n) is 2.84. The number of carbonyl (C=O) groups excluding carboxylic acids is 1. The second kappa shape index (κ2) is 4.17. The monoisotopic (exact) mass is 291 g/mol.